The third-order valence-electron chi connectivity index (χ3n) is 9.86. The van der Waals surface area contributed by atoms with E-state index in [9.17, 15) is 24.6 Å². The standard InChI is InChI=1S/C29H35FO8/c1-15-18-11-21(33)27(5)20(30)12-22-28(14-36-22,38-16(2)31)23(27)24(29(35,13-19(15)32)26(18,3)4)37-25(34)17-9-7-6-8-10-17/h6-11,15,19-20,22-24,32,35H,12-14H2,1-5H3/b18-11-/t15-,19+,20-,22-,23+,24+,27+,28+,29-/m1/s1. The normalized spacial score (nSPS) is 44.6. The molecule has 1 aromatic rings. The Morgan fingerprint density at radius 2 is 1.82 bits per heavy atom. The highest BCUT2D eigenvalue weighted by molar-refractivity contribution is 5.97. The number of halogens is 1. The number of carbonyl (C=O) groups is 3. The van der Waals surface area contributed by atoms with Crippen LogP contribution in [0.5, 0.6) is 0 Å². The molecule has 0 amide bonds. The predicted octanol–water partition coefficient (Wildman–Crippen LogP) is 2.94. The second kappa shape index (κ2) is 8.69. The Labute approximate surface area is 221 Å². The molecular formula is C29H35FO8. The highest BCUT2D eigenvalue weighted by atomic mass is 19.1. The maximum Gasteiger partial charge on any atom is 0.338 e. The maximum absolute atomic E-state index is 16.2. The van der Waals surface area contributed by atoms with E-state index in [1.165, 1.54) is 19.9 Å². The molecule has 4 aliphatic rings. The van der Waals surface area contributed by atoms with E-state index in [0.717, 1.165) is 0 Å². The van der Waals surface area contributed by atoms with Gasteiger partial charge in [-0.25, -0.2) is 9.18 Å². The molecule has 1 heterocycles. The van der Waals surface area contributed by atoms with Crippen molar-refractivity contribution < 1.29 is 43.2 Å². The molecule has 1 saturated heterocycles. The van der Waals surface area contributed by atoms with Crippen molar-refractivity contribution in [2.75, 3.05) is 6.61 Å². The van der Waals surface area contributed by atoms with Crippen molar-refractivity contribution in [2.24, 2.45) is 22.7 Å². The Morgan fingerprint density at radius 1 is 1.16 bits per heavy atom. The van der Waals surface area contributed by atoms with Gasteiger partial charge >= 0.3 is 11.9 Å². The average molecular weight is 531 g/mol. The first-order valence-corrected chi connectivity index (χ1v) is 13.1. The van der Waals surface area contributed by atoms with Crippen LogP contribution in [0.4, 0.5) is 4.39 Å². The van der Waals surface area contributed by atoms with Crippen LogP contribution in [0.25, 0.3) is 0 Å². The van der Waals surface area contributed by atoms with Crippen LogP contribution in [0.1, 0.15) is 57.8 Å². The molecule has 206 valence electrons. The number of hydrogen-bond acceptors (Lipinski definition) is 8. The highest BCUT2D eigenvalue weighted by Gasteiger charge is 2.77. The topological polar surface area (TPSA) is 119 Å². The molecule has 0 radical (unpaired) electrons. The van der Waals surface area contributed by atoms with Gasteiger partial charge in [-0.2, -0.15) is 0 Å². The fraction of sp³-hybridized carbons (Fsp3) is 0.621. The number of carbonyl (C=O) groups excluding carboxylic acids is 3. The second-order valence-electron chi connectivity index (χ2n) is 12.1. The van der Waals surface area contributed by atoms with Gasteiger partial charge in [0.2, 0.25) is 0 Å². The summed E-state index contributed by atoms with van der Waals surface area (Å²) in [6.45, 7) is 7.71. The van der Waals surface area contributed by atoms with E-state index in [1.807, 2.05) is 0 Å². The lowest BCUT2D eigenvalue weighted by Gasteiger charge is -2.66. The number of ketones is 1. The van der Waals surface area contributed by atoms with Crippen molar-refractivity contribution in [3.05, 3.63) is 47.5 Å². The quantitative estimate of drug-likeness (QED) is 0.573. The number of rotatable bonds is 3. The van der Waals surface area contributed by atoms with Crippen molar-refractivity contribution in [1.29, 1.82) is 0 Å². The molecule has 1 aliphatic heterocycles. The van der Waals surface area contributed by atoms with Gasteiger partial charge < -0.3 is 24.4 Å². The lowest BCUT2D eigenvalue weighted by atomic mass is 9.45. The summed E-state index contributed by atoms with van der Waals surface area (Å²) in [6, 6.07) is 8.13. The van der Waals surface area contributed by atoms with Crippen LogP contribution in [0, 0.1) is 22.7 Å². The third-order valence-corrected chi connectivity index (χ3v) is 9.86. The number of aliphatic hydroxyl groups excluding tert-OH is 1. The van der Waals surface area contributed by atoms with E-state index < -0.39 is 76.1 Å². The minimum Gasteiger partial charge on any atom is -0.455 e. The number of aliphatic hydroxyl groups is 2. The monoisotopic (exact) mass is 530 g/mol. The molecule has 2 saturated carbocycles. The summed E-state index contributed by atoms with van der Waals surface area (Å²) in [6.07, 6.45) is -4.30. The zero-order chi connectivity index (χ0) is 27.8. The number of fused-ring (bicyclic) bond motifs is 5. The Hall–Kier alpha value is -2.62. The third kappa shape index (κ3) is 3.47. The molecule has 0 aromatic heterocycles. The van der Waals surface area contributed by atoms with Crippen LogP contribution in [0.15, 0.2) is 42.0 Å². The summed E-state index contributed by atoms with van der Waals surface area (Å²) in [7, 11) is 0. The molecule has 2 N–H and O–H groups in total. The van der Waals surface area contributed by atoms with Crippen molar-refractivity contribution >= 4 is 17.7 Å². The lowest BCUT2D eigenvalue weighted by Crippen LogP contribution is -2.80. The summed E-state index contributed by atoms with van der Waals surface area (Å²) in [5, 5.41) is 23.7. The van der Waals surface area contributed by atoms with Gasteiger partial charge in [-0.1, -0.05) is 44.5 Å². The van der Waals surface area contributed by atoms with Gasteiger partial charge in [0.05, 0.1) is 29.6 Å². The minimum atomic E-state index is -1.95. The molecule has 1 aromatic carbocycles. The highest BCUT2D eigenvalue weighted by Crippen LogP contribution is 2.64. The molecule has 8 nitrogen and oxygen atoms in total. The lowest BCUT2D eigenvalue weighted by molar-refractivity contribution is -0.340. The van der Waals surface area contributed by atoms with E-state index >= 15 is 4.39 Å². The van der Waals surface area contributed by atoms with Crippen LogP contribution in [0.3, 0.4) is 0 Å². The number of hydrogen-bond donors (Lipinski definition) is 2. The molecule has 3 fully saturated rings. The molecule has 0 spiro atoms. The zero-order valence-electron chi connectivity index (χ0n) is 22.3. The first-order valence-electron chi connectivity index (χ1n) is 13.1. The van der Waals surface area contributed by atoms with Gasteiger partial charge in [0.25, 0.3) is 0 Å². The van der Waals surface area contributed by atoms with Gasteiger partial charge in [-0.3, -0.25) is 9.59 Å². The molecule has 5 rings (SSSR count). The van der Waals surface area contributed by atoms with E-state index in [2.05, 4.69) is 0 Å². The molecule has 38 heavy (non-hydrogen) atoms. The summed E-state index contributed by atoms with van der Waals surface area (Å²) in [5.74, 6) is -3.84. The van der Waals surface area contributed by atoms with Crippen molar-refractivity contribution in [3.63, 3.8) is 0 Å². The smallest absolute Gasteiger partial charge is 0.338 e. The molecule has 0 unspecified atom stereocenters. The van der Waals surface area contributed by atoms with Crippen molar-refractivity contribution in [3.8, 4) is 0 Å². The van der Waals surface area contributed by atoms with Gasteiger partial charge in [0, 0.05) is 31.1 Å². The Morgan fingerprint density at radius 3 is 2.39 bits per heavy atom. The van der Waals surface area contributed by atoms with Crippen LogP contribution in [-0.4, -0.2) is 70.2 Å². The maximum atomic E-state index is 16.2. The molecule has 2 bridgehead atoms. The fourth-order valence-electron chi connectivity index (χ4n) is 7.42. The van der Waals surface area contributed by atoms with E-state index in [4.69, 9.17) is 14.2 Å². The number of esters is 2. The largest absolute Gasteiger partial charge is 0.455 e. The van der Waals surface area contributed by atoms with E-state index in [-0.39, 0.29) is 25.0 Å². The number of alkyl halides is 1. The van der Waals surface area contributed by atoms with Crippen molar-refractivity contribution in [2.45, 2.75) is 83.1 Å². The predicted molar refractivity (Wildman–Crippen MR) is 133 cm³/mol. The van der Waals surface area contributed by atoms with Crippen molar-refractivity contribution in [1.82, 2.24) is 0 Å². The Kier molecular flexibility index (Phi) is 6.17. The Bertz CT molecular complexity index is 1200. The summed E-state index contributed by atoms with van der Waals surface area (Å²) in [5.41, 5.74) is -5.83. The molecule has 9 atom stereocenters. The SMILES string of the molecule is CC(=O)O[C@@]12CO[C@@H]1C[C@@H](F)[C@@]1(C)C(=O)/C=C3/[C@@H](C)[C@@H](O)C[C@@](O)([C@@H](OC(=O)c4ccccc4)[C@H]21)C3(C)C. The number of allylic oxidation sites excluding steroid dienone is 1. The molecular weight excluding hydrogens is 495 g/mol. The number of ether oxygens (including phenoxy) is 3. The second-order valence-corrected chi connectivity index (χ2v) is 12.1. The van der Waals surface area contributed by atoms with E-state index in [1.54, 1.807) is 51.1 Å². The van der Waals surface area contributed by atoms with Gasteiger partial charge in [-0.05, 0) is 25.1 Å². The van der Waals surface area contributed by atoms with Crippen LogP contribution in [0.2, 0.25) is 0 Å². The first kappa shape index (κ1) is 27.0. The zero-order valence-corrected chi connectivity index (χ0v) is 22.3. The van der Waals surface area contributed by atoms with Gasteiger partial charge in [0.15, 0.2) is 11.4 Å². The van der Waals surface area contributed by atoms with E-state index in [0.29, 0.717) is 5.57 Å². The van der Waals surface area contributed by atoms with Crippen LogP contribution >= 0.6 is 0 Å². The van der Waals surface area contributed by atoms with Crippen LogP contribution in [-0.2, 0) is 23.8 Å². The summed E-state index contributed by atoms with van der Waals surface area (Å²) in [4.78, 5) is 40.0. The fourth-order valence-corrected chi connectivity index (χ4v) is 7.42. The van der Waals surface area contributed by atoms with Gasteiger partial charge in [-0.15, -0.1) is 0 Å². The first-order chi connectivity index (χ1) is 17.7. The Balaban J connectivity index is 1.79. The molecule has 9 heteroatoms. The number of benzene rings is 1. The van der Waals surface area contributed by atoms with Crippen LogP contribution < -0.4 is 0 Å². The van der Waals surface area contributed by atoms with Gasteiger partial charge in [0.1, 0.15) is 24.0 Å². The molecule has 3 aliphatic carbocycles. The summed E-state index contributed by atoms with van der Waals surface area (Å²) < 4.78 is 33.8. The average Bonchev–Trinajstić information content (AvgIpc) is 2.85. The minimum absolute atomic E-state index is 0.150. The summed E-state index contributed by atoms with van der Waals surface area (Å²) >= 11 is 0.